The van der Waals surface area contributed by atoms with Gasteiger partial charge < -0.3 is 20.9 Å². The van der Waals surface area contributed by atoms with Crippen molar-refractivity contribution >= 4 is 22.3 Å². The predicted molar refractivity (Wildman–Crippen MR) is 111 cm³/mol. The zero-order valence-corrected chi connectivity index (χ0v) is 15.8. The van der Waals surface area contributed by atoms with Crippen LogP contribution in [0.25, 0.3) is 22.2 Å². The molecule has 0 spiro atoms. The summed E-state index contributed by atoms with van der Waals surface area (Å²) in [7, 11) is 0. The number of benzene rings is 2. The molecule has 29 heavy (non-hydrogen) atoms. The van der Waals surface area contributed by atoms with Crippen LogP contribution in [0.5, 0.6) is 11.5 Å². The molecule has 0 bridgehead atoms. The Bertz CT molecular complexity index is 1200. The van der Waals surface area contributed by atoms with Crippen molar-refractivity contribution in [3.05, 3.63) is 72.3 Å². The molecule has 0 unspecified atom stereocenters. The molecular formula is C22H19FN4O2. The number of anilines is 2. The molecule has 4 aromatic rings. The third kappa shape index (κ3) is 3.32. The summed E-state index contributed by atoms with van der Waals surface area (Å²) < 4.78 is 26.4. The predicted octanol–water partition coefficient (Wildman–Crippen LogP) is 5.38. The lowest BCUT2D eigenvalue weighted by atomic mass is 10.0. The van der Waals surface area contributed by atoms with Crippen molar-refractivity contribution < 1.29 is 13.9 Å². The van der Waals surface area contributed by atoms with E-state index >= 15 is 4.39 Å². The van der Waals surface area contributed by atoms with Crippen LogP contribution in [0.4, 0.5) is 15.8 Å². The molecule has 2 aromatic heterocycles. The number of hydrogen-bond acceptors (Lipinski definition) is 6. The van der Waals surface area contributed by atoms with E-state index in [0.717, 1.165) is 16.6 Å². The maximum atomic E-state index is 15.6. The highest BCUT2D eigenvalue weighted by atomic mass is 19.1. The van der Waals surface area contributed by atoms with Crippen LogP contribution in [0.1, 0.15) is 5.56 Å². The Morgan fingerprint density at radius 2 is 1.76 bits per heavy atom. The first kappa shape index (κ1) is 18.6. The van der Waals surface area contributed by atoms with Crippen LogP contribution < -0.4 is 20.9 Å². The Balaban J connectivity index is 0.00000205. The number of aromatic nitrogens is 2. The summed E-state index contributed by atoms with van der Waals surface area (Å²) in [6.45, 7) is 2.14. The summed E-state index contributed by atoms with van der Waals surface area (Å²) in [5.74, 6) is 0.816. The summed E-state index contributed by atoms with van der Waals surface area (Å²) in [5.41, 5.74) is 3.75. The normalized spacial score (nSPS) is 11.9. The van der Waals surface area contributed by atoms with Crippen LogP contribution in [0.15, 0.2) is 60.9 Å². The molecular weight excluding hydrogens is 371 g/mol. The van der Waals surface area contributed by atoms with E-state index in [1.54, 1.807) is 42.7 Å². The first-order valence-corrected chi connectivity index (χ1v) is 8.86. The highest BCUT2D eigenvalue weighted by Gasteiger charge is 2.20. The van der Waals surface area contributed by atoms with Gasteiger partial charge in [0.05, 0.1) is 11.2 Å². The van der Waals surface area contributed by atoms with Gasteiger partial charge in [0.25, 0.3) is 0 Å². The number of ether oxygens (including phenoxy) is 2. The summed E-state index contributed by atoms with van der Waals surface area (Å²) in [5, 5.41) is 3.92. The van der Waals surface area contributed by atoms with Gasteiger partial charge in [0.1, 0.15) is 5.69 Å². The smallest absolute Gasteiger partial charge is 0.231 e. The fourth-order valence-electron chi connectivity index (χ4n) is 3.29. The van der Waals surface area contributed by atoms with E-state index in [-0.39, 0.29) is 18.6 Å². The summed E-state index contributed by atoms with van der Waals surface area (Å²) in [6.07, 6.45) is 3.32. The number of pyridine rings is 2. The summed E-state index contributed by atoms with van der Waals surface area (Å²) >= 11 is 0. The van der Waals surface area contributed by atoms with Gasteiger partial charge in [0.2, 0.25) is 6.79 Å². The summed E-state index contributed by atoms with van der Waals surface area (Å²) in [6, 6.07) is 14.7. The maximum absolute atomic E-state index is 15.6. The summed E-state index contributed by atoms with van der Waals surface area (Å²) in [4.78, 5) is 8.60. The van der Waals surface area contributed by atoms with E-state index in [1.165, 1.54) is 0 Å². The second kappa shape index (κ2) is 7.37. The number of hydrogen-bond donors (Lipinski definition) is 2. The Labute approximate surface area is 166 Å². The van der Waals surface area contributed by atoms with Crippen molar-refractivity contribution in [2.75, 3.05) is 12.1 Å². The zero-order valence-electron chi connectivity index (χ0n) is 15.8. The monoisotopic (exact) mass is 390 g/mol. The number of rotatable bonds is 3. The third-order valence-electron chi connectivity index (χ3n) is 4.68. The minimum atomic E-state index is -0.422. The lowest BCUT2D eigenvalue weighted by Gasteiger charge is -2.15. The van der Waals surface area contributed by atoms with Crippen molar-refractivity contribution in [3.8, 4) is 22.8 Å². The lowest BCUT2D eigenvalue weighted by molar-refractivity contribution is 0.174. The molecule has 0 amide bonds. The van der Waals surface area contributed by atoms with E-state index in [0.29, 0.717) is 28.3 Å². The van der Waals surface area contributed by atoms with Gasteiger partial charge in [-0.05, 0) is 49.4 Å². The van der Waals surface area contributed by atoms with Gasteiger partial charge in [0.15, 0.2) is 17.3 Å². The van der Waals surface area contributed by atoms with Crippen molar-refractivity contribution in [1.29, 1.82) is 0 Å². The molecule has 1 aliphatic heterocycles. The van der Waals surface area contributed by atoms with Gasteiger partial charge in [0, 0.05) is 29.0 Å². The molecule has 146 valence electrons. The Kier molecular flexibility index (Phi) is 4.74. The average Bonchev–Trinajstić information content (AvgIpc) is 3.19. The van der Waals surface area contributed by atoms with E-state index in [4.69, 9.17) is 9.47 Å². The molecule has 1 aliphatic rings. The molecule has 0 saturated heterocycles. The highest BCUT2D eigenvalue weighted by Crippen LogP contribution is 2.39. The van der Waals surface area contributed by atoms with Crippen molar-refractivity contribution in [2.45, 2.75) is 6.92 Å². The van der Waals surface area contributed by atoms with E-state index in [9.17, 15) is 0 Å². The highest BCUT2D eigenvalue weighted by molar-refractivity contribution is 5.96. The second-order valence-corrected chi connectivity index (χ2v) is 6.60. The van der Waals surface area contributed by atoms with Crippen molar-refractivity contribution in [2.24, 2.45) is 0 Å². The lowest BCUT2D eigenvalue weighted by Crippen LogP contribution is -2.01. The molecule has 5 rings (SSSR count). The SMILES string of the molecule is Cc1ccc2nc(-c3ccc4c(c3)OCO4)c(F)c(Nc3ccncc3)c2c1.N. The molecule has 0 aliphatic carbocycles. The van der Waals surface area contributed by atoms with E-state index in [2.05, 4.69) is 15.3 Å². The fourth-order valence-corrected chi connectivity index (χ4v) is 3.29. The molecule has 4 N–H and O–H groups in total. The molecule has 0 fully saturated rings. The van der Waals surface area contributed by atoms with Gasteiger partial charge in [-0.2, -0.15) is 0 Å². The standard InChI is InChI=1S/C22H16FN3O2.H3N/c1-13-2-4-17-16(10-13)22(25-15-6-8-24-9-7-15)20(23)21(26-17)14-3-5-18-19(11-14)28-12-27-18;/h2-11H,12H2,1H3,(H,24,25,26);1H3. The van der Waals surface area contributed by atoms with Gasteiger partial charge in [-0.3, -0.25) is 4.98 Å². The van der Waals surface area contributed by atoms with Gasteiger partial charge in [-0.1, -0.05) is 11.6 Å². The zero-order chi connectivity index (χ0) is 19.1. The Morgan fingerprint density at radius 3 is 2.59 bits per heavy atom. The molecule has 0 saturated carbocycles. The Hall–Kier alpha value is -3.71. The van der Waals surface area contributed by atoms with Crippen LogP contribution in [-0.2, 0) is 0 Å². The van der Waals surface area contributed by atoms with Crippen LogP contribution in [0.2, 0.25) is 0 Å². The number of fused-ring (bicyclic) bond motifs is 2. The van der Waals surface area contributed by atoms with Crippen molar-refractivity contribution in [1.82, 2.24) is 16.1 Å². The third-order valence-corrected chi connectivity index (χ3v) is 4.68. The minimum Gasteiger partial charge on any atom is -0.454 e. The van der Waals surface area contributed by atoms with Crippen LogP contribution >= 0.6 is 0 Å². The fraction of sp³-hybridized carbons (Fsp3) is 0.0909. The molecule has 7 heteroatoms. The minimum absolute atomic E-state index is 0. The topological polar surface area (TPSA) is 91.3 Å². The van der Waals surface area contributed by atoms with Crippen LogP contribution in [0.3, 0.4) is 0 Å². The average molecular weight is 390 g/mol. The quantitative estimate of drug-likeness (QED) is 0.488. The van der Waals surface area contributed by atoms with Crippen LogP contribution in [0, 0.1) is 12.7 Å². The maximum Gasteiger partial charge on any atom is 0.231 e. The molecule has 2 aromatic carbocycles. The number of nitrogens with zero attached hydrogens (tertiary/aromatic N) is 2. The van der Waals surface area contributed by atoms with E-state index in [1.807, 2.05) is 25.1 Å². The molecule has 6 nitrogen and oxygen atoms in total. The number of aryl methyl sites for hydroxylation is 1. The van der Waals surface area contributed by atoms with Gasteiger partial charge in [-0.25, -0.2) is 9.37 Å². The first-order valence-electron chi connectivity index (χ1n) is 8.86. The molecule has 3 heterocycles. The van der Waals surface area contributed by atoms with E-state index < -0.39 is 5.82 Å². The van der Waals surface area contributed by atoms with Gasteiger partial charge >= 0.3 is 0 Å². The largest absolute Gasteiger partial charge is 0.454 e. The molecule has 0 radical (unpaired) electrons. The van der Waals surface area contributed by atoms with Crippen molar-refractivity contribution in [3.63, 3.8) is 0 Å². The first-order chi connectivity index (χ1) is 13.7. The van der Waals surface area contributed by atoms with Crippen LogP contribution in [-0.4, -0.2) is 16.8 Å². The Morgan fingerprint density at radius 1 is 0.966 bits per heavy atom. The second-order valence-electron chi connectivity index (χ2n) is 6.60. The number of nitrogens with one attached hydrogen (secondary N) is 1. The molecule has 0 atom stereocenters. The van der Waals surface area contributed by atoms with Gasteiger partial charge in [-0.15, -0.1) is 0 Å². The number of halogens is 1.